The molecule has 1 atom stereocenters. The SMILES string of the molecule is O=CN(c1cc[c]cc1)C(CCC(=O)O)C(=O)O. The Hall–Kier alpha value is -2.37. The Morgan fingerprint density at radius 1 is 1.33 bits per heavy atom. The molecule has 18 heavy (non-hydrogen) atoms. The Labute approximate surface area is 103 Å². The molecule has 1 aromatic rings. The second kappa shape index (κ2) is 6.39. The lowest BCUT2D eigenvalue weighted by molar-refractivity contribution is -0.140. The van der Waals surface area contributed by atoms with E-state index in [-0.39, 0.29) is 12.8 Å². The van der Waals surface area contributed by atoms with E-state index in [0.717, 1.165) is 4.90 Å². The first-order valence-electron chi connectivity index (χ1n) is 5.20. The van der Waals surface area contributed by atoms with Gasteiger partial charge in [-0.3, -0.25) is 9.59 Å². The molecule has 0 saturated heterocycles. The number of hydrogen-bond acceptors (Lipinski definition) is 3. The second-order valence-electron chi connectivity index (χ2n) is 3.56. The van der Waals surface area contributed by atoms with E-state index < -0.39 is 18.0 Å². The van der Waals surface area contributed by atoms with Crippen molar-refractivity contribution >= 4 is 24.0 Å². The van der Waals surface area contributed by atoms with Crippen molar-refractivity contribution in [3.05, 3.63) is 30.3 Å². The molecule has 0 aliphatic heterocycles. The number of aliphatic carboxylic acids is 2. The molecule has 1 rings (SSSR count). The summed E-state index contributed by atoms with van der Waals surface area (Å²) in [5, 5.41) is 17.6. The van der Waals surface area contributed by atoms with E-state index in [1.165, 1.54) is 12.1 Å². The number of carboxylic acid groups (broad SMARTS) is 2. The van der Waals surface area contributed by atoms with Crippen molar-refractivity contribution in [2.24, 2.45) is 0 Å². The molecule has 6 heteroatoms. The van der Waals surface area contributed by atoms with Gasteiger partial charge in [-0.25, -0.2) is 4.79 Å². The average molecular weight is 250 g/mol. The van der Waals surface area contributed by atoms with E-state index in [1.807, 2.05) is 0 Å². The van der Waals surface area contributed by atoms with Crippen LogP contribution >= 0.6 is 0 Å². The zero-order chi connectivity index (χ0) is 13.5. The van der Waals surface area contributed by atoms with Crippen LogP contribution in [0, 0.1) is 6.07 Å². The van der Waals surface area contributed by atoms with Crippen LogP contribution in [0.2, 0.25) is 0 Å². The lowest BCUT2D eigenvalue weighted by Crippen LogP contribution is -2.40. The molecule has 95 valence electrons. The number of carboxylic acids is 2. The van der Waals surface area contributed by atoms with Crippen molar-refractivity contribution in [2.45, 2.75) is 18.9 Å². The highest BCUT2D eigenvalue weighted by Crippen LogP contribution is 2.17. The van der Waals surface area contributed by atoms with Gasteiger partial charge in [-0.2, -0.15) is 0 Å². The number of amides is 1. The second-order valence-corrected chi connectivity index (χ2v) is 3.56. The molecule has 1 aromatic carbocycles. The topological polar surface area (TPSA) is 94.9 Å². The molecule has 0 bridgehead atoms. The molecule has 2 N–H and O–H groups in total. The highest BCUT2D eigenvalue weighted by molar-refractivity contribution is 5.88. The molecule has 0 spiro atoms. The number of carbonyl (C=O) groups excluding carboxylic acids is 1. The van der Waals surface area contributed by atoms with Gasteiger partial charge in [-0.1, -0.05) is 12.1 Å². The van der Waals surface area contributed by atoms with Crippen LogP contribution in [0.3, 0.4) is 0 Å². The summed E-state index contributed by atoms with van der Waals surface area (Å²) in [6, 6.07) is 7.71. The summed E-state index contributed by atoms with van der Waals surface area (Å²) < 4.78 is 0. The lowest BCUT2D eigenvalue weighted by Gasteiger charge is -2.24. The van der Waals surface area contributed by atoms with Crippen LogP contribution in [0.4, 0.5) is 5.69 Å². The van der Waals surface area contributed by atoms with Gasteiger partial charge in [0, 0.05) is 12.1 Å². The Bertz CT molecular complexity index is 431. The van der Waals surface area contributed by atoms with E-state index in [1.54, 1.807) is 12.1 Å². The Kier molecular flexibility index (Phi) is 4.86. The molecule has 0 aromatic heterocycles. The van der Waals surface area contributed by atoms with Crippen LogP contribution < -0.4 is 4.90 Å². The third kappa shape index (κ3) is 3.58. The van der Waals surface area contributed by atoms with Crippen molar-refractivity contribution < 1.29 is 24.6 Å². The van der Waals surface area contributed by atoms with Crippen molar-refractivity contribution in [3.63, 3.8) is 0 Å². The van der Waals surface area contributed by atoms with Gasteiger partial charge in [0.05, 0.1) is 0 Å². The van der Waals surface area contributed by atoms with Crippen molar-refractivity contribution in [1.29, 1.82) is 0 Å². The monoisotopic (exact) mass is 250 g/mol. The maximum atomic E-state index is 11.1. The van der Waals surface area contributed by atoms with Gasteiger partial charge in [0.2, 0.25) is 6.41 Å². The number of hydrogen-bond donors (Lipinski definition) is 2. The van der Waals surface area contributed by atoms with Gasteiger partial charge < -0.3 is 15.1 Å². The quantitative estimate of drug-likeness (QED) is 0.697. The zero-order valence-electron chi connectivity index (χ0n) is 9.44. The predicted octanol–water partition coefficient (Wildman–Crippen LogP) is 0.768. The molecule has 0 fully saturated rings. The van der Waals surface area contributed by atoms with E-state index in [4.69, 9.17) is 10.2 Å². The number of rotatable bonds is 7. The summed E-state index contributed by atoms with van der Waals surface area (Å²) in [5.74, 6) is -2.34. The van der Waals surface area contributed by atoms with Crippen molar-refractivity contribution in [3.8, 4) is 0 Å². The molecular formula is C12H12NO5. The fourth-order valence-electron chi connectivity index (χ4n) is 1.51. The highest BCUT2D eigenvalue weighted by atomic mass is 16.4. The summed E-state index contributed by atoms with van der Waals surface area (Å²) in [4.78, 5) is 33.6. The summed E-state index contributed by atoms with van der Waals surface area (Å²) in [5.41, 5.74) is 0.390. The third-order valence-corrected chi connectivity index (χ3v) is 2.36. The summed E-state index contributed by atoms with van der Waals surface area (Å²) in [6.07, 6.45) is -0.0851. The van der Waals surface area contributed by atoms with Crippen LogP contribution in [-0.2, 0) is 14.4 Å². The molecule has 0 aliphatic carbocycles. The van der Waals surface area contributed by atoms with Gasteiger partial charge >= 0.3 is 11.9 Å². The van der Waals surface area contributed by atoms with Gasteiger partial charge in [0.25, 0.3) is 0 Å². The van der Waals surface area contributed by atoms with Crippen molar-refractivity contribution in [1.82, 2.24) is 0 Å². The predicted molar refractivity (Wildman–Crippen MR) is 62.1 cm³/mol. The first-order valence-corrected chi connectivity index (χ1v) is 5.20. The minimum Gasteiger partial charge on any atom is -0.481 e. The molecule has 1 radical (unpaired) electrons. The number of carbonyl (C=O) groups is 3. The molecular weight excluding hydrogens is 238 g/mol. The van der Waals surface area contributed by atoms with Crippen LogP contribution in [0.5, 0.6) is 0 Å². The maximum absolute atomic E-state index is 11.1. The highest BCUT2D eigenvalue weighted by Gasteiger charge is 2.26. The first-order chi connectivity index (χ1) is 8.56. The standard InChI is InChI=1S/C12H12NO5/c14-8-13(9-4-2-1-3-5-9)10(12(17)18)6-7-11(15)16/h2-5,8,10H,6-7H2,(H,15,16)(H,17,18). The van der Waals surface area contributed by atoms with Crippen LogP contribution in [0.1, 0.15) is 12.8 Å². The maximum Gasteiger partial charge on any atom is 0.326 e. The minimum absolute atomic E-state index is 0.151. The molecule has 6 nitrogen and oxygen atoms in total. The zero-order valence-corrected chi connectivity index (χ0v) is 9.44. The smallest absolute Gasteiger partial charge is 0.326 e. The molecule has 1 amide bonds. The number of nitrogens with zero attached hydrogens (tertiary/aromatic N) is 1. The van der Waals surface area contributed by atoms with Crippen molar-refractivity contribution in [2.75, 3.05) is 4.90 Å². The Balaban J connectivity index is 2.91. The average Bonchev–Trinajstić information content (AvgIpc) is 2.34. The summed E-state index contributed by atoms with van der Waals surface area (Å²) >= 11 is 0. The lowest BCUT2D eigenvalue weighted by atomic mass is 10.1. The van der Waals surface area contributed by atoms with Gasteiger partial charge in [-0.15, -0.1) is 0 Å². The van der Waals surface area contributed by atoms with E-state index in [2.05, 4.69) is 6.07 Å². The first kappa shape index (κ1) is 13.7. The van der Waals surface area contributed by atoms with E-state index in [0.29, 0.717) is 12.1 Å². The third-order valence-electron chi connectivity index (χ3n) is 2.36. The van der Waals surface area contributed by atoms with Crippen LogP contribution in [0.15, 0.2) is 24.3 Å². The minimum atomic E-state index is -1.24. The van der Waals surface area contributed by atoms with Crippen LogP contribution in [0.25, 0.3) is 0 Å². The van der Waals surface area contributed by atoms with E-state index >= 15 is 0 Å². The van der Waals surface area contributed by atoms with E-state index in [9.17, 15) is 14.4 Å². The van der Waals surface area contributed by atoms with Gasteiger partial charge in [-0.05, 0) is 24.6 Å². The number of anilines is 1. The molecule has 0 aliphatic rings. The fraction of sp³-hybridized carbons (Fsp3) is 0.250. The molecule has 1 unspecified atom stereocenters. The van der Waals surface area contributed by atoms with Gasteiger partial charge in [0.1, 0.15) is 6.04 Å². The summed E-state index contributed by atoms with van der Waals surface area (Å²) in [7, 11) is 0. The fourth-order valence-corrected chi connectivity index (χ4v) is 1.51. The summed E-state index contributed by atoms with van der Waals surface area (Å²) in [6.45, 7) is 0. The number of benzene rings is 1. The Morgan fingerprint density at radius 2 is 1.94 bits per heavy atom. The Morgan fingerprint density at radius 3 is 2.39 bits per heavy atom. The van der Waals surface area contributed by atoms with Crippen LogP contribution in [-0.4, -0.2) is 34.6 Å². The molecule has 0 saturated carbocycles. The van der Waals surface area contributed by atoms with Gasteiger partial charge in [0.15, 0.2) is 0 Å². The largest absolute Gasteiger partial charge is 0.481 e. The molecule has 0 heterocycles. The normalized spacial score (nSPS) is 11.6.